The summed E-state index contributed by atoms with van der Waals surface area (Å²) >= 11 is 3.67. The lowest BCUT2D eigenvalue weighted by molar-refractivity contribution is 0.261. The first-order valence-electron chi connectivity index (χ1n) is 6.64. The second-order valence-electron chi connectivity index (χ2n) is 4.72. The molecule has 1 nitrogen and oxygen atoms in total. The van der Waals surface area contributed by atoms with Gasteiger partial charge in [0.1, 0.15) is 0 Å². The number of hydrogen-bond acceptors (Lipinski definition) is 1. The predicted octanol–water partition coefficient (Wildman–Crippen LogP) is 4.77. The SMILES string of the molecule is CCCCN(CCC)Cc1ccc(C)cc1Br. The van der Waals surface area contributed by atoms with Gasteiger partial charge >= 0.3 is 0 Å². The summed E-state index contributed by atoms with van der Waals surface area (Å²) in [5, 5.41) is 0. The van der Waals surface area contributed by atoms with Crippen LogP contribution in [0.1, 0.15) is 44.2 Å². The van der Waals surface area contributed by atoms with Gasteiger partial charge in [0.15, 0.2) is 0 Å². The molecule has 0 spiro atoms. The van der Waals surface area contributed by atoms with E-state index in [0.717, 1.165) is 6.54 Å². The monoisotopic (exact) mass is 297 g/mol. The number of hydrogen-bond donors (Lipinski definition) is 0. The Kier molecular flexibility index (Phi) is 6.83. The van der Waals surface area contributed by atoms with Crippen molar-refractivity contribution in [2.75, 3.05) is 13.1 Å². The lowest BCUT2D eigenvalue weighted by Crippen LogP contribution is -2.25. The third kappa shape index (κ3) is 5.22. The van der Waals surface area contributed by atoms with Crippen LogP contribution in [-0.2, 0) is 6.54 Å². The van der Waals surface area contributed by atoms with Crippen LogP contribution in [0.15, 0.2) is 22.7 Å². The first-order valence-corrected chi connectivity index (χ1v) is 7.44. The van der Waals surface area contributed by atoms with E-state index in [1.165, 1.54) is 48.0 Å². The summed E-state index contributed by atoms with van der Waals surface area (Å²) in [7, 11) is 0. The van der Waals surface area contributed by atoms with Crippen molar-refractivity contribution in [3.05, 3.63) is 33.8 Å². The number of benzene rings is 1. The topological polar surface area (TPSA) is 3.24 Å². The largest absolute Gasteiger partial charge is 0.299 e. The zero-order valence-corrected chi connectivity index (χ0v) is 12.9. The Morgan fingerprint density at radius 3 is 2.47 bits per heavy atom. The fourth-order valence-electron chi connectivity index (χ4n) is 1.99. The molecule has 17 heavy (non-hydrogen) atoms. The minimum atomic E-state index is 1.06. The molecular formula is C15H24BrN. The van der Waals surface area contributed by atoms with Crippen LogP contribution >= 0.6 is 15.9 Å². The van der Waals surface area contributed by atoms with Crippen LogP contribution < -0.4 is 0 Å². The van der Waals surface area contributed by atoms with Gasteiger partial charge in [0.05, 0.1) is 0 Å². The molecule has 0 N–H and O–H groups in total. The van der Waals surface area contributed by atoms with E-state index < -0.39 is 0 Å². The maximum atomic E-state index is 3.67. The van der Waals surface area contributed by atoms with Crippen LogP contribution in [0.5, 0.6) is 0 Å². The smallest absolute Gasteiger partial charge is 0.0244 e. The third-order valence-corrected chi connectivity index (χ3v) is 3.71. The van der Waals surface area contributed by atoms with Gasteiger partial charge in [0.25, 0.3) is 0 Å². The molecule has 2 heteroatoms. The van der Waals surface area contributed by atoms with Crippen molar-refractivity contribution in [2.24, 2.45) is 0 Å². The molecule has 0 amide bonds. The molecule has 0 heterocycles. The minimum Gasteiger partial charge on any atom is -0.299 e. The normalized spacial score (nSPS) is 11.1. The fraction of sp³-hybridized carbons (Fsp3) is 0.600. The van der Waals surface area contributed by atoms with Crippen LogP contribution in [0.25, 0.3) is 0 Å². The number of aryl methyl sites for hydroxylation is 1. The Bertz CT molecular complexity index is 336. The first-order chi connectivity index (χ1) is 8.17. The molecule has 0 saturated carbocycles. The van der Waals surface area contributed by atoms with E-state index in [9.17, 15) is 0 Å². The summed E-state index contributed by atoms with van der Waals surface area (Å²) in [5.41, 5.74) is 2.72. The summed E-state index contributed by atoms with van der Waals surface area (Å²) in [6, 6.07) is 6.65. The van der Waals surface area contributed by atoms with Crippen molar-refractivity contribution in [1.29, 1.82) is 0 Å². The molecule has 0 unspecified atom stereocenters. The molecule has 0 bridgehead atoms. The highest BCUT2D eigenvalue weighted by atomic mass is 79.9. The van der Waals surface area contributed by atoms with Gasteiger partial charge in [-0.15, -0.1) is 0 Å². The van der Waals surface area contributed by atoms with Gasteiger partial charge in [0, 0.05) is 11.0 Å². The molecule has 0 aromatic heterocycles. The highest BCUT2D eigenvalue weighted by Gasteiger charge is 2.07. The standard InChI is InChI=1S/C15H24BrN/c1-4-6-10-17(9-5-2)12-14-8-7-13(3)11-15(14)16/h7-8,11H,4-6,9-10,12H2,1-3H3. The van der Waals surface area contributed by atoms with Gasteiger partial charge < -0.3 is 0 Å². The molecule has 96 valence electrons. The Hall–Kier alpha value is -0.340. The van der Waals surface area contributed by atoms with Crippen molar-refractivity contribution in [1.82, 2.24) is 4.90 Å². The Morgan fingerprint density at radius 2 is 1.88 bits per heavy atom. The van der Waals surface area contributed by atoms with E-state index in [1.807, 2.05) is 0 Å². The summed E-state index contributed by atoms with van der Waals surface area (Å²) in [4.78, 5) is 2.55. The molecule has 0 aliphatic heterocycles. The van der Waals surface area contributed by atoms with Crippen LogP contribution in [0.2, 0.25) is 0 Å². The van der Waals surface area contributed by atoms with E-state index in [4.69, 9.17) is 0 Å². The molecule has 0 aliphatic carbocycles. The zero-order valence-electron chi connectivity index (χ0n) is 11.3. The van der Waals surface area contributed by atoms with Gasteiger partial charge in [-0.1, -0.05) is 48.3 Å². The van der Waals surface area contributed by atoms with E-state index in [-0.39, 0.29) is 0 Å². The van der Waals surface area contributed by atoms with Gasteiger partial charge in [0.2, 0.25) is 0 Å². The number of rotatable bonds is 7. The summed E-state index contributed by atoms with van der Waals surface area (Å²) in [6.07, 6.45) is 3.80. The van der Waals surface area contributed by atoms with Gasteiger partial charge in [-0.05, 0) is 50.0 Å². The highest BCUT2D eigenvalue weighted by Crippen LogP contribution is 2.20. The lowest BCUT2D eigenvalue weighted by Gasteiger charge is -2.22. The van der Waals surface area contributed by atoms with Gasteiger partial charge in [-0.2, -0.15) is 0 Å². The van der Waals surface area contributed by atoms with Crippen LogP contribution in [0, 0.1) is 6.92 Å². The lowest BCUT2D eigenvalue weighted by atomic mass is 10.1. The summed E-state index contributed by atoms with van der Waals surface area (Å²) in [5.74, 6) is 0. The predicted molar refractivity (Wildman–Crippen MR) is 79.4 cm³/mol. The Morgan fingerprint density at radius 1 is 1.12 bits per heavy atom. The first kappa shape index (κ1) is 14.7. The van der Waals surface area contributed by atoms with Crippen molar-refractivity contribution in [3.63, 3.8) is 0 Å². The summed E-state index contributed by atoms with van der Waals surface area (Å²) in [6.45, 7) is 10.1. The highest BCUT2D eigenvalue weighted by molar-refractivity contribution is 9.10. The van der Waals surface area contributed by atoms with E-state index in [0.29, 0.717) is 0 Å². The maximum Gasteiger partial charge on any atom is 0.0244 e. The van der Waals surface area contributed by atoms with Crippen LogP contribution in [0.4, 0.5) is 0 Å². The molecule has 0 fully saturated rings. The molecule has 0 radical (unpaired) electrons. The maximum absolute atomic E-state index is 3.67. The van der Waals surface area contributed by atoms with E-state index in [1.54, 1.807) is 0 Å². The Labute approximate surface area is 114 Å². The average molecular weight is 298 g/mol. The average Bonchev–Trinajstić information content (AvgIpc) is 2.29. The van der Waals surface area contributed by atoms with E-state index >= 15 is 0 Å². The fourth-order valence-corrected chi connectivity index (χ4v) is 2.61. The zero-order chi connectivity index (χ0) is 12.7. The molecule has 0 saturated heterocycles. The minimum absolute atomic E-state index is 1.06. The molecule has 0 aliphatic rings. The number of unbranched alkanes of at least 4 members (excludes halogenated alkanes) is 1. The Balaban J connectivity index is 2.64. The van der Waals surface area contributed by atoms with E-state index in [2.05, 4.69) is 59.8 Å². The molecule has 0 atom stereocenters. The quantitative estimate of drug-likeness (QED) is 0.701. The van der Waals surface area contributed by atoms with Gasteiger partial charge in [-0.3, -0.25) is 4.90 Å². The van der Waals surface area contributed by atoms with Crippen molar-refractivity contribution < 1.29 is 0 Å². The van der Waals surface area contributed by atoms with Crippen molar-refractivity contribution in [3.8, 4) is 0 Å². The van der Waals surface area contributed by atoms with Crippen LogP contribution in [-0.4, -0.2) is 18.0 Å². The third-order valence-electron chi connectivity index (χ3n) is 2.97. The second kappa shape index (κ2) is 7.88. The summed E-state index contributed by atoms with van der Waals surface area (Å²) < 4.78 is 1.25. The molecule has 1 aromatic carbocycles. The molecular weight excluding hydrogens is 274 g/mol. The van der Waals surface area contributed by atoms with Crippen LogP contribution in [0.3, 0.4) is 0 Å². The van der Waals surface area contributed by atoms with Crippen molar-refractivity contribution in [2.45, 2.75) is 46.6 Å². The van der Waals surface area contributed by atoms with Crippen molar-refractivity contribution >= 4 is 15.9 Å². The number of halogens is 1. The van der Waals surface area contributed by atoms with Gasteiger partial charge in [-0.25, -0.2) is 0 Å². The molecule has 1 rings (SSSR count). The molecule has 1 aromatic rings. The second-order valence-corrected chi connectivity index (χ2v) is 5.58. The number of nitrogens with zero attached hydrogens (tertiary/aromatic N) is 1.